The van der Waals surface area contributed by atoms with Crippen LogP contribution in [0.25, 0.3) is 0 Å². The first kappa shape index (κ1) is 14.0. The number of aliphatic carboxylic acids is 1. The number of hydrogen-bond acceptors (Lipinski definition) is 4. The number of amides is 1. The van der Waals surface area contributed by atoms with Gasteiger partial charge in [-0.2, -0.15) is 0 Å². The summed E-state index contributed by atoms with van der Waals surface area (Å²) in [7, 11) is 1.31. The first-order valence-corrected chi connectivity index (χ1v) is 7.09. The van der Waals surface area contributed by atoms with E-state index in [1.54, 1.807) is 0 Å². The summed E-state index contributed by atoms with van der Waals surface area (Å²) in [5, 5.41) is 11.4. The summed E-state index contributed by atoms with van der Waals surface area (Å²) in [6.45, 7) is -0.0206. The molecule has 1 aromatic heterocycles. The minimum Gasteiger partial charge on any atom is -0.479 e. The number of carboxylic acids is 1. The lowest BCUT2D eigenvalue weighted by Gasteiger charge is -2.10. The zero-order valence-corrected chi connectivity index (χ0v) is 11.6. The summed E-state index contributed by atoms with van der Waals surface area (Å²) >= 11 is 1.51. The molecule has 1 aromatic rings. The van der Waals surface area contributed by atoms with Crippen molar-refractivity contribution in [2.24, 2.45) is 0 Å². The Morgan fingerprint density at radius 2 is 2.21 bits per heavy atom. The third-order valence-electron chi connectivity index (χ3n) is 3.23. The molecule has 1 aliphatic rings. The Hall–Kier alpha value is -1.40. The number of methoxy groups -OCH3 is 1. The molecule has 1 unspecified atom stereocenters. The molecule has 0 spiro atoms. The Morgan fingerprint density at radius 1 is 1.47 bits per heavy atom. The fraction of sp³-hybridized carbons (Fsp3) is 0.538. The molecule has 0 aliphatic heterocycles. The van der Waals surface area contributed by atoms with Gasteiger partial charge in [0.2, 0.25) is 0 Å². The van der Waals surface area contributed by atoms with Gasteiger partial charge in [-0.15, -0.1) is 11.3 Å². The highest BCUT2D eigenvalue weighted by molar-refractivity contribution is 7.14. The van der Waals surface area contributed by atoms with E-state index in [1.165, 1.54) is 41.7 Å². The van der Waals surface area contributed by atoms with Gasteiger partial charge in [-0.1, -0.05) is 0 Å². The Labute approximate surface area is 115 Å². The van der Waals surface area contributed by atoms with E-state index in [0.717, 1.165) is 12.8 Å². The molecule has 0 aromatic carbocycles. The lowest BCUT2D eigenvalue weighted by Crippen LogP contribution is -2.37. The van der Waals surface area contributed by atoms with Crippen molar-refractivity contribution in [3.63, 3.8) is 0 Å². The maximum absolute atomic E-state index is 12.0. The number of carbonyl (C=O) groups is 2. The number of nitrogens with one attached hydrogen (secondary N) is 1. The topological polar surface area (TPSA) is 75.6 Å². The zero-order valence-electron chi connectivity index (χ0n) is 10.8. The van der Waals surface area contributed by atoms with Crippen LogP contribution < -0.4 is 5.32 Å². The monoisotopic (exact) mass is 283 g/mol. The Kier molecular flexibility index (Phi) is 4.55. The molecular weight excluding hydrogens is 266 g/mol. The fourth-order valence-corrected chi connectivity index (χ4v) is 3.32. The standard InChI is InChI=1S/C13H17NO4S/c1-18-9(13(16)17)7-14-12(15)11-6-8-4-2-3-5-10(8)19-11/h6,9H,2-5,7H2,1H3,(H,14,15)(H,16,17). The van der Waals surface area contributed by atoms with E-state index < -0.39 is 12.1 Å². The van der Waals surface area contributed by atoms with Gasteiger partial charge in [-0.25, -0.2) is 4.79 Å². The molecule has 1 heterocycles. The predicted molar refractivity (Wildman–Crippen MR) is 71.7 cm³/mol. The van der Waals surface area contributed by atoms with E-state index in [1.807, 2.05) is 6.07 Å². The highest BCUT2D eigenvalue weighted by atomic mass is 32.1. The van der Waals surface area contributed by atoms with Crippen LogP contribution in [0.3, 0.4) is 0 Å². The second-order valence-electron chi connectivity index (χ2n) is 4.54. The van der Waals surface area contributed by atoms with Crippen LogP contribution in [0.5, 0.6) is 0 Å². The van der Waals surface area contributed by atoms with Crippen molar-refractivity contribution < 1.29 is 19.4 Å². The maximum Gasteiger partial charge on any atom is 0.334 e. The molecule has 2 rings (SSSR count). The number of rotatable bonds is 5. The van der Waals surface area contributed by atoms with E-state index >= 15 is 0 Å². The molecule has 1 atom stereocenters. The molecule has 0 saturated heterocycles. The Morgan fingerprint density at radius 3 is 2.84 bits per heavy atom. The van der Waals surface area contributed by atoms with Gasteiger partial charge >= 0.3 is 5.97 Å². The number of carbonyl (C=O) groups excluding carboxylic acids is 1. The Balaban J connectivity index is 1.96. The molecule has 104 valence electrons. The quantitative estimate of drug-likeness (QED) is 0.857. The summed E-state index contributed by atoms with van der Waals surface area (Å²) in [6.07, 6.45) is 3.44. The number of carboxylic acid groups (broad SMARTS) is 1. The van der Waals surface area contributed by atoms with E-state index in [-0.39, 0.29) is 12.5 Å². The molecule has 1 aliphatic carbocycles. The minimum atomic E-state index is -1.08. The van der Waals surface area contributed by atoms with Crippen LogP contribution in [0.15, 0.2) is 6.07 Å². The van der Waals surface area contributed by atoms with E-state index in [2.05, 4.69) is 5.32 Å². The molecule has 0 fully saturated rings. The van der Waals surface area contributed by atoms with Gasteiger partial charge in [0.05, 0.1) is 11.4 Å². The summed E-state index contributed by atoms with van der Waals surface area (Å²) in [5.41, 5.74) is 1.27. The van der Waals surface area contributed by atoms with Gasteiger partial charge in [0, 0.05) is 12.0 Å². The first-order valence-electron chi connectivity index (χ1n) is 6.27. The van der Waals surface area contributed by atoms with Crippen LogP contribution in [-0.2, 0) is 22.4 Å². The van der Waals surface area contributed by atoms with Crippen molar-refractivity contribution in [1.29, 1.82) is 0 Å². The summed E-state index contributed by atoms with van der Waals surface area (Å²) in [4.78, 5) is 24.7. The van der Waals surface area contributed by atoms with Gasteiger partial charge in [0.1, 0.15) is 0 Å². The van der Waals surface area contributed by atoms with Gasteiger partial charge < -0.3 is 15.2 Å². The normalized spacial score (nSPS) is 15.6. The average Bonchev–Trinajstić information content (AvgIpc) is 2.82. The molecule has 2 N–H and O–H groups in total. The zero-order chi connectivity index (χ0) is 13.8. The van der Waals surface area contributed by atoms with Crippen LogP contribution in [0.2, 0.25) is 0 Å². The van der Waals surface area contributed by atoms with Crippen molar-refractivity contribution in [3.05, 3.63) is 21.4 Å². The summed E-state index contributed by atoms with van der Waals surface area (Å²) in [5.74, 6) is -1.30. The van der Waals surface area contributed by atoms with Crippen LogP contribution in [-0.4, -0.2) is 36.7 Å². The van der Waals surface area contributed by atoms with Crippen molar-refractivity contribution in [3.8, 4) is 0 Å². The van der Waals surface area contributed by atoms with Crippen LogP contribution in [0.4, 0.5) is 0 Å². The van der Waals surface area contributed by atoms with Crippen LogP contribution >= 0.6 is 11.3 Å². The molecule has 0 radical (unpaired) electrons. The Bertz CT molecular complexity index is 459. The third kappa shape index (κ3) is 3.33. The van der Waals surface area contributed by atoms with Crippen molar-refractivity contribution >= 4 is 23.2 Å². The number of hydrogen-bond donors (Lipinski definition) is 2. The SMILES string of the molecule is COC(CNC(=O)c1cc2c(s1)CCCC2)C(=O)O. The lowest BCUT2D eigenvalue weighted by atomic mass is 9.99. The van der Waals surface area contributed by atoms with Crippen molar-refractivity contribution in [2.45, 2.75) is 31.8 Å². The fourth-order valence-electron chi connectivity index (χ4n) is 2.15. The molecule has 6 heteroatoms. The molecule has 1 amide bonds. The summed E-state index contributed by atoms with van der Waals surface area (Å²) in [6, 6.07) is 1.93. The maximum atomic E-state index is 12.0. The van der Waals surface area contributed by atoms with Crippen LogP contribution in [0, 0.1) is 0 Å². The molecule has 0 saturated carbocycles. The predicted octanol–water partition coefficient (Wildman–Crippen LogP) is 1.46. The average molecular weight is 283 g/mol. The highest BCUT2D eigenvalue weighted by Crippen LogP contribution is 2.29. The van der Waals surface area contributed by atoms with Gasteiger partial charge in [-0.3, -0.25) is 4.79 Å². The van der Waals surface area contributed by atoms with Gasteiger partial charge in [-0.05, 0) is 37.3 Å². The van der Waals surface area contributed by atoms with E-state index in [9.17, 15) is 9.59 Å². The highest BCUT2D eigenvalue weighted by Gasteiger charge is 2.20. The second-order valence-corrected chi connectivity index (χ2v) is 5.68. The molecule has 19 heavy (non-hydrogen) atoms. The smallest absolute Gasteiger partial charge is 0.334 e. The third-order valence-corrected chi connectivity index (χ3v) is 4.46. The van der Waals surface area contributed by atoms with E-state index in [0.29, 0.717) is 4.88 Å². The van der Waals surface area contributed by atoms with Crippen molar-refractivity contribution in [2.75, 3.05) is 13.7 Å². The molecule has 5 nitrogen and oxygen atoms in total. The minimum absolute atomic E-state index is 0.0206. The lowest BCUT2D eigenvalue weighted by molar-refractivity contribution is -0.147. The van der Waals surface area contributed by atoms with E-state index in [4.69, 9.17) is 9.84 Å². The number of thiophene rings is 1. The van der Waals surface area contributed by atoms with Gasteiger partial charge in [0.25, 0.3) is 5.91 Å². The second kappa shape index (κ2) is 6.16. The van der Waals surface area contributed by atoms with Crippen molar-refractivity contribution in [1.82, 2.24) is 5.32 Å². The number of aryl methyl sites for hydroxylation is 2. The first-order chi connectivity index (χ1) is 9.11. The van der Waals surface area contributed by atoms with Gasteiger partial charge in [0.15, 0.2) is 6.10 Å². The summed E-state index contributed by atoms with van der Waals surface area (Å²) < 4.78 is 4.77. The number of ether oxygens (including phenoxy) is 1. The largest absolute Gasteiger partial charge is 0.479 e. The molecular formula is C13H17NO4S. The molecule has 0 bridgehead atoms. The van der Waals surface area contributed by atoms with Crippen LogP contribution in [0.1, 0.15) is 33.0 Å². The number of fused-ring (bicyclic) bond motifs is 1.